The second-order valence-corrected chi connectivity index (χ2v) is 21.5. The fourth-order valence-electron chi connectivity index (χ4n) is 12.2. The molecular formula is C71H48N4S. The Morgan fingerprint density at radius 3 is 1.66 bits per heavy atom. The van der Waals surface area contributed by atoms with Gasteiger partial charge in [-0.05, 0) is 100 Å². The van der Waals surface area contributed by atoms with Crippen LogP contribution < -0.4 is 4.90 Å². The molecular weight excluding hydrogens is 941 g/mol. The van der Waals surface area contributed by atoms with Gasteiger partial charge in [0.2, 0.25) is 0 Å². The number of para-hydroxylation sites is 1. The molecule has 3 aromatic heterocycles. The minimum absolute atomic E-state index is 0.152. The van der Waals surface area contributed by atoms with Crippen LogP contribution in [0.5, 0.6) is 0 Å². The quantitative estimate of drug-likeness (QED) is 0.152. The molecule has 358 valence electrons. The van der Waals surface area contributed by atoms with Crippen molar-refractivity contribution >= 4 is 81.1 Å². The second kappa shape index (κ2) is 17.3. The monoisotopic (exact) mass is 988 g/mol. The second-order valence-electron chi connectivity index (χ2n) is 20.5. The van der Waals surface area contributed by atoms with E-state index in [0.717, 1.165) is 56.3 Å². The smallest absolute Gasteiger partial charge is 0.160 e. The molecule has 4 nitrogen and oxygen atoms in total. The Hall–Kier alpha value is -9.42. The third kappa shape index (κ3) is 6.90. The first kappa shape index (κ1) is 44.1. The van der Waals surface area contributed by atoms with Crippen LogP contribution in [0.15, 0.2) is 255 Å². The molecule has 5 heteroatoms. The normalized spacial score (nSPS) is 12.7. The van der Waals surface area contributed by atoms with E-state index in [1.165, 1.54) is 80.6 Å². The lowest BCUT2D eigenvalue weighted by Gasteiger charge is -2.28. The van der Waals surface area contributed by atoms with E-state index in [1.807, 2.05) is 23.5 Å². The van der Waals surface area contributed by atoms with Crippen molar-refractivity contribution in [3.63, 3.8) is 0 Å². The molecule has 1 aliphatic rings. The van der Waals surface area contributed by atoms with Crippen molar-refractivity contribution in [2.75, 3.05) is 4.90 Å². The largest absolute Gasteiger partial charge is 0.309 e. The van der Waals surface area contributed by atoms with Crippen molar-refractivity contribution in [3.05, 3.63) is 266 Å². The van der Waals surface area contributed by atoms with Crippen LogP contribution in [-0.2, 0) is 5.41 Å². The summed E-state index contributed by atoms with van der Waals surface area (Å²) in [5.74, 6) is 0.691. The van der Waals surface area contributed by atoms with Crippen molar-refractivity contribution in [3.8, 4) is 61.8 Å². The zero-order valence-electron chi connectivity index (χ0n) is 41.9. The molecule has 76 heavy (non-hydrogen) atoms. The Kier molecular flexibility index (Phi) is 10.1. The van der Waals surface area contributed by atoms with Gasteiger partial charge in [0.1, 0.15) is 0 Å². The minimum atomic E-state index is -0.152. The van der Waals surface area contributed by atoms with E-state index in [-0.39, 0.29) is 5.41 Å². The van der Waals surface area contributed by atoms with E-state index in [9.17, 15) is 0 Å². The summed E-state index contributed by atoms with van der Waals surface area (Å²) in [6, 6.07) is 92.4. The van der Waals surface area contributed by atoms with Crippen molar-refractivity contribution in [2.45, 2.75) is 19.3 Å². The van der Waals surface area contributed by atoms with Gasteiger partial charge in [-0.2, -0.15) is 0 Å². The summed E-state index contributed by atoms with van der Waals surface area (Å²) in [6.07, 6.45) is 0. The highest BCUT2D eigenvalue weighted by Crippen LogP contribution is 2.54. The molecule has 11 aromatic carbocycles. The molecule has 0 amide bonds. The molecule has 14 aromatic rings. The number of rotatable bonds is 8. The topological polar surface area (TPSA) is 34.0 Å². The molecule has 0 radical (unpaired) electrons. The SMILES string of the molecule is CC1(C)c2ccccc2-c2ccc(N(c3ccc(-c4ccccc4)cc3)c3cccc4c3sc3c5ccccc5c5c(c6ccccc6n5-c5ccc(-c6nc(-c7ccccc7)cc(-c7ccccc7)n6)cc5)c43)cc21. The number of benzene rings is 11. The Labute approximate surface area is 445 Å². The number of aromatic nitrogens is 3. The highest BCUT2D eigenvalue weighted by atomic mass is 32.1. The first-order valence-corrected chi connectivity index (χ1v) is 26.9. The van der Waals surface area contributed by atoms with Crippen LogP contribution in [-0.4, -0.2) is 14.5 Å². The van der Waals surface area contributed by atoms with Crippen LogP contribution in [0.1, 0.15) is 25.0 Å². The van der Waals surface area contributed by atoms with Crippen LogP contribution >= 0.6 is 11.3 Å². The van der Waals surface area contributed by atoms with Gasteiger partial charge in [0.25, 0.3) is 0 Å². The molecule has 15 rings (SSSR count). The number of nitrogens with zero attached hydrogens (tertiary/aromatic N) is 4. The van der Waals surface area contributed by atoms with E-state index in [0.29, 0.717) is 5.82 Å². The number of hydrogen-bond donors (Lipinski definition) is 0. The Morgan fingerprint density at radius 2 is 0.947 bits per heavy atom. The van der Waals surface area contributed by atoms with Crippen molar-refractivity contribution in [2.24, 2.45) is 0 Å². The molecule has 3 heterocycles. The van der Waals surface area contributed by atoms with E-state index >= 15 is 0 Å². The van der Waals surface area contributed by atoms with Crippen molar-refractivity contribution in [1.29, 1.82) is 0 Å². The van der Waals surface area contributed by atoms with E-state index in [2.05, 4.69) is 266 Å². The van der Waals surface area contributed by atoms with Gasteiger partial charge in [-0.3, -0.25) is 0 Å². The summed E-state index contributed by atoms with van der Waals surface area (Å²) in [4.78, 5) is 12.8. The minimum Gasteiger partial charge on any atom is -0.309 e. The van der Waals surface area contributed by atoms with E-state index in [1.54, 1.807) is 0 Å². The summed E-state index contributed by atoms with van der Waals surface area (Å²) in [7, 11) is 0. The van der Waals surface area contributed by atoms with Gasteiger partial charge in [-0.1, -0.05) is 202 Å². The standard InChI is InChI=1S/C71H48N4S/c1-71(2)59-30-16-14-25-53(59)54-42-41-52(43-60(54)71)74(50-37-33-46(34-38-50)45-19-6-3-7-20-45)64-32-18-29-58-66-65-57-28-15-17-31-63(57)75(67(65)55-26-12-13-27-56(55)69(66)76-68(58)64)51-39-35-49(36-40-51)70-72-61(47-21-8-4-9-22-47)44-62(73-70)48-23-10-5-11-24-48/h3-44H,1-2H3. The van der Waals surface area contributed by atoms with Gasteiger partial charge in [0.05, 0.1) is 32.8 Å². The first-order chi connectivity index (χ1) is 37.5. The molecule has 0 bridgehead atoms. The number of anilines is 3. The molecule has 1 aliphatic carbocycles. The van der Waals surface area contributed by atoms with Gasteiger partial charge in [-0.15, -0.1) is 11.3 Å². The summed E-state index contributed by atoms with van der Waals surface area (Å²) < 4.78 is 5.02. The lowest BCUT2D eigenvalue weighted by atomic mass is 9.82. The fourth-order valence-corrected chi connectivity index (χ4v) is 13.5. The fraction of sp³-hybridized carbons (Fsp3) is 0.0423. The highest BCUT2D eigenvalue weighted by Gasteiger charge is 2.36. The van der Waals surface area contributed by atoms with Gasteiger partial charge in [0, 0.05) is 76.2 Å². The number of thiophene rings is 1. The zero-order chi connectivity index (χ0) is 50.5. The molecule has 0 spiro atoms. The molecule has 0 aliphatic heterocycles. The van der Waals surface area contributed by atoms with Gasteiger partial charge < -0.3 is 9.47 Å². The molecule has 0 saturated carbocycles. The molecule has 0 saturated heterocycles. The van der Waals surface area contributed by atoms with Crippen LogP contribution in [0.3, 0.4) is 0 Å². The van der Waals surface area contributed by atoms with Crippen LogP contribution in [0.4, 0.5) is 17.1 Å². The summed E-state index contributed by atoms with van der Waals surface area (Å²) in [6.45, 7) is 4.74. The van der Waals surface area contributed by atoms with Gasteiger partial charge >= 0.3 is 0 Å². The summed E-state index contributed by atoms with van der Waals surface area (Å²) in [5.41, 5.74) is 19.3. The van der Waals surface area contributed by atoms with Gasteiger partial charge in [-0.25, -0.2) is 9.97 Å². The average molecular weight is 989 g/mol. The predicted octanol–water partition coefficient (Wildman–Crippen LogP) is 19.5. The highest BCUT2D eigenvalue weighted by molar-refractivity contribution is 7.27. The van der Waals surface area contributed by atoms with E-state index in [4.69, 9.17) is 9.97 Å². The summed E-state index contributed by atoms with van der Waals surface area (Å²) >= 11 is 1.91. The molecule has 0 unspecified atom stereocenters. The first-order valence-electron chi connectivity index (χ1n) is 26.1. The lowest BCUT2D eigenvalue weighted by Crippen LogP contribution is -2.16. The Bertz CT molecular complexity index is 4520. The average Bonchev–Trinajstić information content (AvgIpc) is 4.30. The molecule has 0 fully saturated rings. The Morgan fingerprint density at radius 1 is 0.395 bits per heavy atom. The summed E-state index contributed by atoms with van der Waals surface area (Å²) in [5, 5.41) is 7.48. The predicted molar refractivity (Wildman–Crippen MR) is 321 cm³/mol. The van der Waals surface area contributed by atoms with Crippen LogP contribution in [0.25, 0.3) is 115 Å². The van der Waals surface area contributed by atoms with Crippen LogP contribution in [0, 0.1) is 0 Å². The van der Waals surface area contributed by atoms with Crippen molar-refractivity contribution < 1.29 is 0 Å². The van der Waals surface area contributed by atoms with E-state index < -0.39 is 0 Å². The molecule has 0 N–H and O–H groups in total. The van der Waals surface area contributed by atoms with Gasteiger partial charge in [0.15, 0.2) is 5.82 Å². The number of fused-ring (bicyclic) bond motifs is 13. The molecule has 0 atom stereocenters. The van der Waals surface area contributed by atoms with Crippen LogP contribution in [0.2, 0.25) is 0 Å². The maximum absolute atomic E-state index is 5.17. The van der Waals surface area contributed by atoms with Crippen molar-refractivity contribution in [1.82, 2.24) is 14.5 Å². The third-order valence-corrected chi connectivity index (χ3v) is 17.1. The third-order valence-electron chi connectivity index (χ3n) is 15.8. The maximum Gasteiger partial charge on any atom is 0.160 e. The zero-order valence-corrected chi connectivity index (χ0v) is 42.8. The Balaban J connectivity index is 0.933. The maximum atomic E-state index is 5.17. The lowest BCUT2D eigenvalue weighted by molar-refractivity contribution is 0.660. The number of hydrogen-bond acceptors (Lipinski definition) is 4.